The first kappa shape index (κ1) is 15.6. The molecule has 1 N–H and O–H groups in total. The Labute approximate surface area is 131 Å². The van der Waals surface area contributed by atoms with Gasteiger partial charge in [-0.25, -0.2) is 0 Å². The van der Waals surface area contributed by atoms with Crippen molar-refractivity contribution < 1.29 is 14.3 Å². The van der Waals surface area contributed by atoms with Crippen molar-refractivity contribution in [3.05, 3.63) is 22.6 Å². The fourth-order valence-electron chi connectivity index (χ4n) is 3.89. The van der Waals surface area contributed by atoms with Crippen molar-refractivity contribution in [3.8, 4) is 0 Å². The number of likely N-dealkylation sites (tertiary alicyclic amines) is 1. The molecule has 1 aliphatic heterocycles. The molecule has 0 saturated carbocycles. The number of rotatable bonds is 3. The number of nitrogens with zero attached hydrogens (tertiary/aromatic N) is 2. The first-order valence-corrected chi connectivity index (χ1v) is 8.17. The molecule has 1 atom stereocenters. The lowest BCUT2D eigenvalue weighted by molar-refractivity contribution is 0.0235. The molecule has 5 nitrogen and oxygen atoms in total. The number of carbonyl (C=O) groups is 1. The normalized spacial score (nSPS) is 24.9. The molecule has 1 fully saturated rings. The standard InChI is InChI=1S/C17H26N2O3/c1-12-15(13-6-4-5-7-14(13)22-12)16(20)19-9-8-17(21,11-19)10-18(2)3/h21H,4-11H2,1-3H3. The number of aryl methyl sites for hydroxylation is 2. The first-order valence-electron chi connectivity index (χ1n) is 8.17. The highest BCUT2D eigenvalue weighted by molar-refractivity contribution is 5.97. The summed E-state index contributed by atoms with van der Waals surface area (Å²) in [4.78, 5) is 16.7. The van der Waals surface area contributed by atoms with Crippen LogP contribution in [0.15, 0.2) is 4.42 Å². The zero-order valence-electron chi connectivity index (χ0n) is 13.8. The SMILES string of the molecule is Cc1oc2c(c1C(=O)N1CCC(O)(CN(C)C)C1)CCCC2. The number of hydrogen-bond donors (Lipinski definition) is 1. The quantitative estimate of drug-likeness (QED) is 0.922. The van der Waals surface area contributed by atoms with Gasteiger partial charge in [0.1, 0.15) is 11.5 Å². The van der Waals surface area contributed by atoms with E-state index in [4.69, 9.17) is 4.42 Å². The van der Waals surface area contributed by atoms with Gasteiger partial charge in [0.25, 0.3) is 5.91 Å². The van der Waals surface area contributed by atoms with E-state index >= 15 is 0 Å². The Morgan fingerprint density at radius 2 is 2.09 bits per heavy atom. The Balaban J connectivity index is 1.80. The molecule has 2 heterocycles. The lowest BCUT2D eigenvalue weighted by atomic mass is 9.94. The summed E-state index contributed by atoms with van der Waals surface area (Å²) >= 11 is 0. The summed E-state index contributed by atoms with van der Waals surface area (Å²) < 4.78 is 5.82. The minimum Gasteiger partial charge on any atom is -0.465 e. The minimum absolute atomic E-state index is 0.0269. The Bertz CT molecular complexity index is 579. The number of carbonyl (C=O) groups excluding carboxylic acids is 1. The summed E-state index contributed by atoms with van der Waals surface area (Å²) in [7, 11) is 3.89. The van der Waals surface area contributed by atoms with Crippen molar-refractivity contribution >= 4 is 5.91 Å². The van der Waals surface area contributed by atoms with Crippen LogP contribution in [0.3, 0.4) is 0 Å². The monoisotopic (exact) mass is 306 g/mol. The third-order valence-corrected chi connectivity index (χ3v) is 4.79. The molecule has 1 amide bonds. The molecule has 1 aliphatic carbocycles. The third-order valence-electron chi connectivity index (χ3n) is 4.79. The topological polar surface area (TPSA) is 56.9 Å². The second kappa shape index (κ2) is 5.70. The van der Waals surface area contributed by atoms with Gasteiger partial charge in [-0.05, 0) is 46.7 Å². The maximum Gasteiger partial charge on any atom is 0.257 e. The van der Waals surface area contributed by atoms with Crippen molar-refractivity contribution in [1.29, 1.82) is 0 Å². The van der Waals surface area contributed by atoms with E-state index in [1.165, 1.54) is 0 Å². The molecule has 0 spiro atoms. The van der Waals surface area contributed by atoms with Gasteiger partial charge in [0.2, 0.25) is 0 Å². The van der Waals surface area contributed by atoms with Crippen LogP contribution in [-0.4, -0.2) is 60.1 Å². The fourth-order valence-corrected chi connectivity index (χ4v) is 3.89. The Kier molecular flexibility index (Phi) is 4.03. The number of aliphatic hydroxyl groups is 1. The number of β-amino-alcohol motifs (C(OH)–C–C–N with tert-alkyl or cyclic N) is 1. The van der Waals surface area contributed by atoms with Gasteiger partial charge in [0.15, 0.2) is 0 Å². The van der Waals surface area contributed by atoms with Crippen LogP contribution in [0.4, 0.5) is 0 Å². The Morgan fingerprint density at radius 3 is 2.82 bits per heavy atom. The molecule has 3 rings (SSSR count). The number of fused-ring (bicyclic) bond motifs is 1. The molecule has 1 aromatic rings. The molecule has 2 aliphatic rings. The highest BCUT2D eigenvalue weighted by atomic mass is 16.3. The molecule has 0 aromatic carbocycles. The van der Waals surface area contributed by atoms with Gasteiger partial charge in [-0.15, -0.1) is 0 Å². The Morgan fingerprint density at radius 1 is 1.36 bits per heavy atom. The largest absolute Gasteiger partial charge is 0.465 e. The first-order chi connectivity index (χ1) is 10.4. The van der Waals surface area contributed by atoms with Gasteiger partial charge in [-0.2, -0.15) is 0 Å². The van der Waals surface area contributed by atoms with E-state index in [0.29, 0.717) is 26.1 Å². The summed E-state index contributed by atoms with van der Waals surface area (Å²) in [6.07, 6.45) is 4.77. The van der Waals surface area contributed by atoms with Crippen LogP contribution in [0, 0.1) is 6.92 Å². The summed E-state index contributed by atoms with van der Waals surface area (Å²) in [5.74, 6) is 1.76. The van der Waals surface area contributed by atoms with Crippen LogP contribution in [0.5, 0.6) is 0 Å². The van der Waals surface area contributed by atoms with Crippen molar-refractivity contribution in [2.75, 3.05) is 33.7 Å². The maximum atomic E-state index is 12.9. The van der Waals surface area contributed by atoms with Gasteiger partial charge in [-0.1, -0.05) is 0 Å². The molecule has 0 bridgehead atoms. The predicted molar refractivity (Wildman–Crippen MR) is 84.1 cm³/mol. The smallest absolute Gasteiger partial charge is 0.257 e. The van der Waals surface area contributed by atoms with Crippen LogP contribution in [0.25, 0.3) is 0 Å². The van der Waals surface area contributed by atoms with Crippen molar-refractivity contribution in [2.24, 2.45) is 0 Å². The van der Waals surface area contributed by atoms with Gasteiger partial charge in [0, 0.05) is 25.1 Å². The molecular weight excluding hydrogens is 280 g/mol. The summed E-state index contributed by atoms with van der Waals surface area (Å²) in [5.41, 5.74) is 1.07. The summed E-state index contributed by atoms with van der Waals surface area (Å²) in [6.45, 7) is 3.48. The maximum absolute atomic E-state index is 12.9. The highest BCUT2D eigenvalue weighted by Crippen LogP contribution is 2.32. The average molecular weight is 306 g/mol. The molecule has 1 aromatic heterocycles. The van der Waals surface area contributed by atoms with Crippen LogP contribution in [0.2, 0.25) is 0 Å². The molecule has 22 heavy (non-hydrogen) atoms. The van der Waals surface area contributed by atoms with E-state index in [9.17, 15) is 9.90 Å². The van der Waals surface area contributed by atoms with E-state index in [1.807, 2.05) is 25.9 Å². The average Bonchev–Trinajstić information content (AvgIpc) is 2.97. The highest BCUT2D eigenvalue weighted by Gasteiger charge is 2.40. The summed E-state index contributed by atoms with van der Waals surface area (Å²) in [6, 6.07) is 0. The summed E-state index contributed by atoms with van der Waals surface area (Å²) in [5, 5.41) is 10.6. The number of likely N-dealkylation sites (N-methyl/N-ethyl adjacent to an activating group) is 1. The predicted octanol–water partition coefficient (Wildman–Crippen LogP) is 1.61. The second-order valence-corrected chi connectivity index (χ2v) is 7.08. The van der Waals surface area contributed by atoms with Crippen molar-refractivity contribution in [1.82, 2.24) is 9.80 Å². The van der Waals surface area contributed by atoms with Gasteiger partial charge in [0.05, 0.1) is 17.7 Å². The van der Waals surface area contributed by atoms with Crippen LogP contribution in [-0.2, 0) is 12.8 Å². The molecule has 122 valence electrons. The lowest BCUT2D eigenvalue weighted by Crippen LogP contribution is -2.43. The van der Waals surface area contributed by atoms with E-state index in [2.05, 4.69) is 0 Å². The zero-order valence-corrected chi connectivity index (χ0v) is 13.8. The third kappa shape index (κ3) is 2.79. The number of furan rings is 1. The van der Waals surface area contributed by atoms with Gasteiger partial charge < -0.3 is 19.3 Å². The number of amides is 1. The Hall–Kier alpha value is -1.33. The molecule has 5 heteroatoms. The zero-order chi connectivity index (χ0) is 15.9. The second-order valence-electron chi connectivity index (χ2n) is 7.08. The molecule has 0 radical (unpaired) electrons. The van der Waals surface area contributed by atoms with Crippen LogP contribution >= 0.6 is 0 Å². The van der Waals surface area contributed by atoms with Gasteiger partial charge >= 0.3 is 0 Å². The van der Waals surface area contributed by atoms with Crippen LogP contribution in [0.1, 0.15) is 46.7 Å². The van der Waals surface area contributed by atoms with Crippen molar-refractivity contribution in [2.45, 2.75) is 44.6 Å². The van der Waals surface area contributed by atoms with E-state index < -0.39 is 5.60 Å². The van der Waals surface area contributed by atoms with E-state index in [-0.39, 0.29) is 5.91 Å². The number of hydrogen-bond acceptors (Lipinski definition) is 4. The molecular formula is C17H26N2O3. The lowest BCUT2D eigenvalue weighted by Gasteiger charge is -2.26. The minimum atomic E-state index is -0.795. The fraction of sp³-hybridized carbons (Fsp3) is 0.706. The van der Waals surface area contributed by atoms with Gasteiger partial charge in [-0.3, -0.25) is 4.79 Å². The van der Waals surface area contributed by atoms with Crippen LogP contribution < -0.4 is 0 Å². The molecule has 1 saturated heterocycles. The van der Waals surface area contributed by atoms with E-state index in [1.54, 1.807) is 4.90 Å². The molecule has 1 unspecified atom stereocenters. The van der Waals surface area contributed by atoms with E-state index in [0.717, 1.165) is 48.3 Å². The van der Waals surface area contributed by atoms with Crippen molar-refractivity contribution in [3.63, 3.8) is 0 Å².